The van der Waals surface area contributed by atoms with E-state index in [2.05, 4.69) is 391 Å². The van der Waals surface area contributed by atoms with E-state index in [4.69, 9.17) is 4.74 Å². The number of ether oxygens (including phenoxy) is 1. The number of carbonyl (C=O) groups is 2. The van der Waals surface area contributed by atoms with Gasteiger partial charge in [-0.1, -0.05) is 290 Å². The van der Waals surface area contributed by atoms with Crippen molar-refractivity contribution in [2.24, 2.45) is 27.1 Å². The van der Waals surface area contributed by atoms with Crippen molar-refractivity contribution in [2.45, 2.75) is 265 Å². The molecule has 6 nitrogen and oxygen atoms in total. The zero-order chi connectivity index (χ0) is 81.3. The Balaban J connectivity index is 1.26. The molecule has 0 radical (unpaired) electrons. The fourth-order valence-corrected chi connectivity index (χ4v) is 20.7. The molecular weight excluding hydrogens is 1350 g/mol. The zero-order valence-corrected chi connectivity index (χ0v) is 72.9. The summed E-state index contributed by atoms with van der Waals surface area (Å²) in [4.78, 5) is 38.1. The van der Waals surface area contributed by atoms with Crippen LogP contribution in [0.25, 0.3) is 43.1 Å². The number of hydrogen-bond acceptors (Lipinski definition) is 6. The maximum Gasteiger partial charge on any atom is 0.346 e. The predicted octanol–water partition coefficient (Wildman–Crippen LogP) is 31.3. The third-order valence-corrected chi connectivity index (χ3v) is 23.3. The molecule has 111 heavy (non-hydrogen) atoms. The number of esters is 2. The molecule has 11 aromatic carbocycles. The highest BCUT2D eigenvalue weighted by atomic mass is 16.6. The summed E-state index contributed by atoms with van der Waals surface area (Å²) >= 11 is 0. The molecular formula is C105H129N3O3. The second kappa shape index (κ2) is 28.6. The van der Waals surface area contributed by atoms with Crippen molar-refractivity contribution in [3.63, 3.8) is 0 Å². The van der Waals surface area contributed by atoms with E-state index >= 15 is 9.59 Å². The van der Waals surface area contributed by atoms with Gasteiger partial charge in [0.05, 0.1) is 28.2 Å². The average molecular weight is 1480 g/mol. The highest BCUT2D eigenvalue weighted by molar-refractivity contribution is 6.42. The van der Waals surface area contributed by atoms with Crippen molar-refractivity contribution >= 4 is 106 Å². The van der Waals surface area contributed by atoms with Gasteiger partial charge in [-0.15, -0.1) is 6.58 Å². The third kappa shape index (κ3) is 17.0. The molecule has 11 aromatic rings. The molecule has 1 heterocycles. The van der Waals surface area contributed by atoms with E-state index in [9.17, 15) is 0 Å². The van der Waals surface area contributed by atoms with Crippen LogP contribution >= 0.6 is 0 Å². The fraction of sp³-hybridized carbons (Fsp3) is 0.429. The summed E-state index contributed by atoms with van der Waals surface area (Å²) in [5, 5.41) is 7.31. The summed E-state index contributed by atoms with van der Waals surface area (Å²) in [7, 11) is 0. The quantitative estimate of drug-likeness (QED) is 0.0222. The molecule has 6 heteroatoms. The maximum atomic E-state index is 15.5. The molecule has 0 fully saturated rings. The molecule has 0 spiro atoms. The van der Waals surface area contributed by atoms with E-state index in [0.29, 0.717) is 16.5 Å². The number of carbonyl (C=O) groups excluding carboxylic acids is 2. The lowest BCUT2D eigenvalue weighted by molar-refractivity contribution is 0.0391. The Labute approximate surface area is 667 Å². The summed E-state index contributed by atoms with van der Waals surface area (Å²) in [5.74, 6) is -1.35. The lowest BCUT2D eigenvalue weighted by Gasteiger charge is -2.36. The normalized spacial score (nSPS) is 13.9. The number of nitrogens with zero attached hydrogens (tertiary/aromatic N) is 3. The van der Waals surface area contributed by atoms with Crippen LogP contribution in [0.5, 0.6) is 0 Å². The van der Waals surface area contributed by atoms with Gasteiger partial charge in [-0.3, -0.25) is 0 Å². The first-order valence-corrected chi connectivity index (χ1v) is 40.9. The Morgan fingerprint density at radius 3 is 0.784 bits per heavy atom. The topological polar surface area (TPSA) is 53.1 Å². The Morgan fingerprint density at radius 2 is 0.523 bits per heavy atom. The van der Waals surface area contributed by atoms with Crippen molar-refractivity contribution in [1.82, 2.24) is 0 Å². The molecule has 0 unspecified atom stereocenters. The van der Waals surface area contributed by atoms with E-state index < -0.39 is 11.9 Å². The molecule has 12 rings (SSSR count). The first-order valence-electron chi connectivity index (χ1n) is 40.9. The Kier molecular flexibility index (Phi) is 21.0. The van der Waals surface area contributed by atoms with Gasteiger partial charge in [-0.25, -0.2) is 9.59 Å². The first kappa shape index (κ1) is 81.5. The van der Waals surface area contributed by atoms with E-state index in [1.54, 1.807) is 0 Å². The molecule has 0 amide bonds. The van der Waals surface area contributed by atoms with Gasteiger partial charge < -0.3 is 19.4 Å². The molecule has 0 aliphatic carbocycles. The molecule has 0 saturated heterocycles. The number of allylic oxidation sites excluding steroid dienone is 1. The van der Waals surface area contributed by atoms with Crippen LogP contribution in [0.1, 0.15) is 286 Å². The summed E-state index contributed by atoms with van der Waals surface area (Å²) in [6.45, 7) is 69.6. The molecule has 1 aliphatic heterocycles. The van der Waals surface area contributed by atoms with E-state index in [1.807, 2.05) is 12.1 Å². The van der Waals surface area contributed by atoms with Gasteiger partial charge in [0.2, 0.25) is 0 Å². The SMILES string of the molecule is C=C(C)CC(C)(C)c1ccc(N(c2ccc(C(C)(C)CC(C)(C)C)cc2)c2ccc3c4c(N(c5ccc(C(C)(C)CC(C)(C)C)cc5)c5ccc(C(C)(C)CC(C)(C)C)cc5)cc5c6c(cc(N(c7ccc(C(C)(C)CC(C)(C)C)cc7)c7ccc(C(C)(C)CC(C)(C)C)cc7)c(c7cccc2c73)c64)C(=O)OC5=O)cc1. The molecule has 0 atom stereocenters. The number of anilines is 9. The van der Waals surface area contributed by atoms with Gasteiger partial charge in [-0.2, -0.15) is 0 Å². The monoisotopic (exact) mass is 1480 g/mol. The van der Waals surface area contributed by atoms with Crippen LogP contribution in [-0.4, -0.2) is 11.9 Å². The van der Waals surface area contributed by atoms with Gasteiger partial charge in [0.25, 0.3) is 0 Å². The molecule has 582 valence electrons. The van der Waals surface area contributed by atoms with Crippen LogP contribution in [-0.2, 0) is 37.2 Å². The standard InChI is InChI=1S/C105H129N3O3/c1-67(2)61-100(18,19)68-33-45-74(46-34-68)106(75-47-35-69(36-48-75)101(20,21)62-95(3,4)5)85-58-57-82-88-80(85)31-30-32-81(88)90-86(107(76-49-37-70(38-50-76)102(22,23)63-96(6,7)8)77-51-39-71(40-52-77)103(24,25)64-97(9,10)11)59-83-89-84(94(110)111-93(83)109)60-87(91(82)92(89)90)108(78-53-41-72(42-54-78)104(26,27)65-98(12,13)14)79-55-43-73(44-56-79)105(28,29)66-99(15,16)17/h30-60H,1,61-66H2,2-29H3. The summed E-state index contributed by atoms with van der Waals surface area (Å²) in [6, 6.07) is 70.8. The Hall–Kier alpha value is -9.00. The van der Waals surface area contributed by atoms with Crippen molar-refractivity contribution in [2.75, 3.05) is 14.7 Å². The minimum atomic E-state index is -0.673. The number of hydrogen-bond donors (Lipinski definition) is 0. The van der Waals surface area contributed by atoms with Gasteiger partial charge in [0.1, 0.15) is 0 Å². The lowest BCUT2D eigenvalue weighted by atomic mass is 9.72. The average Bonchev–Trinajstić information content (AvgIpc) is 0.682. The fourth-order valence-electron chi connectivity index (χ4n) is 20.7. The number of fused-ring (bicyclic) bond motifs is 2. The lowest BCUT2D eigenvalue weighted by Crippen LogP contribution is -2.25. The van der Waals surface area contributed by atoms with E-state index in [-0.39, 0.29) is 59.6 Å². The highest BCUT2D eigenvalue weighted by Gasteiger charge is 2.39. The minimum absolute atomic E-state index is 0.0834. The van der Waals surface area contributed by atoms with Gasteiger partial charge in [-0.05, 0) is 246 Å². The summed E-state index contributed by atoms with van der Waals surface area (Å²) < 4.78 is 6.12. The number of rotatable bonds is 22. The second-order valence-corrected chi connectivity index (χ2v) is 43.3. The minimum Gasteiger partial charge on any atom is -0.386 e. The van der Waals surface area contributed by atoms with Crippen LogP contribution in [0.2, 0.25) is 0 Å². The zero-order valence-electron chi connectivity index (χ0n) is 72.9. The maximum absolute atomic E-state index is 15.5. The van der Waals surface area contributed by atoms with Crippen LogP contribution in [0, 0.1) is 27.1 Å². The first-order chi connectivity index (χ1) is 51.2. The smallest absolute Gasteiger partial charge is 0.346 e. The van der Waals surface area contributed by atoms with Crippen molar-refractivity contribution in [1.29, 1.82) is 0 Å². The van der Waals surface area contributed by atoms with Crippen LogP contribution in [0.4, 0.5) is 51.2 Å². The second-order valence-electron chi connectivity index (χ2n) is 43.3. The van der Waals surface area contributed by atoms with Crippen molar-refractivity contribution in [3.8, 4) is 0 Å². The molecule has 0 aromatic heterocycles. The van der Waals surface area contributed by atoms with E-state index in [0.717, 1.165) is 133 Å². The van der Waals surface area contributed by atoms with Crippen LogP contribution < -0.4 is 14.7 Å². The number of benzene rings is 11. The van der Waals surface area contributed by atoms with Gasteiger partial charge in [0.15, 0.2) is 0 Å². The van der Waals surface area contributed by atoms with Gasteiger partial charge >= 0.3 is 11.9 Å². The summed E-state index contributed by atoms with van der Waals surface area (Å²) in [6.07, 6.45) is 5.83. The largest absolute Gasteiger partial charge is 0.386 e. The van der Waals surface area contributed by atoms with Crippen molar-refractivity contribution < 1.29 is 14.3 Å². The van der Waals surface area contributed by atoms with Gasteiger partial charge in [0, 0.05) is 61.1 Å². The highest BCUT2D eigenvalue weighted by Crippen LogP contribution is 2.57. The predicted molar refractivity (Wildman–Crippen MR) is 479 cm³/mol. The van der Waals surface area contributed by atoms with Crippen LogP contribution in [0.15, 0.2) is 200 Å². The van der Waals surface area contributed by atoms with Crippen molar-refractivity contribution in [3.05, 3.63) is 245 Å². The number of cyclic esters (lactones) is 2. The van der Waals surface area contributed by atoms with E-state index in [1.165, 1.54) is 33.4 Å². The molecule has 0 saturated carbocycles. The third-order valence-electron chi connectivity index (χ3n) is 23.3. The van der Waals surface area contributed by atoms with Crippen LogP contribution in [0.3, 0.4) is 0 Å². The molecule has 1 aliphatic rings. The Morgan fingerprint density at radius 1 is 0.279 bits per heavy atom. The molecule has 0 bridgehead atoms. The summed E-state index contributed by atoms with van der Waals surface area (Å²) in [5.41, 5.74) is 17.4. The molecule has 0 N–H and O–H groups in total. The Bertz CT molecular complexity index is 4930.